The smallest absolute Gasteiger partial charge is 0.253 e. The van der Waals surface area contributed by atoms with Crippen molar-refractivity contribution in [1.82, 2.24) is 25.1 Å². The monoisotopic (exact) mass is 456 g/mol. The summed E-state index contributed by atoms with van der Waals surface area (Å²) in [5.41, 5.74) is 6.19. The Labute approximate surface area is 198 Å². The van der Waals surface area contributed by atoms with Crippen LogP contribution in [0.3, 0.4) is 0 Å². The van der Waals surface area contributed by atoms with Gasteiger partial charge in [0, 0.05) is 44.0 Å². The molecule has 1 N–H and O–H groups in total. The van der Waals surface area contributed by atoms with Crippen LogP contribution in [0.5, 0.6) is 0 Å². The third kappa shape index (κ3) is 3.90. The van der Waals surface area contributed by atoms with E-state index >= 15 is 0 Å². The van der Waals surface area contributed by atoms with Crippen molar-refractivity contribution in [1.29, 1.82) is 0 Å². The molecule has 0 saturated carbocycles. The van der Waals surface area contributed by atoms with Crippen molar-refractivity contribution >= 4 is 22.6 Å². The van der Waals surface area contributed by atoms with E-state index in [4.69, 9.17) is 14.7 Å². The first-order valence-electron chi connectivity index (χ1n) is 11.4. The molecule has 0 aliphatic carbocycles. The Balaban J connectivity index is 1.74. The highest BCUT2D eigenvalue weighted by atomic mass is 16.5. The normalized spacial score (nSPS) is 16.1. The summed E-state index contributed by atoms with van der Waals surface area (Å²) in [5, 5.41) is 8.19. The Bertz CT molecular complexity index is 1330. The molecule has 1 aliphatic rings. The van der Waals surface area contributed by atoms with Crippen LogP contribution in [0.4, 0.5) is 5.82 Å². The molecule has 0 radical (unpaired) electrons. The number of nitrogens with zero attached hydrogens (tertiary/aromatic N) is 5. The Hall–Kier alpha value is -3.78. The molecule has 34 heavy (non-hydrogen) atoms. The van der Waals surface area contributed by atoms with Crippen LogP contribution in [-0.2, 0) is 4.74 Å². The number of rotatable bonds is 4. The van der Waals surface area contributed by atoms with Crippen molar-refractivity contribution in [3.63, 3.8) is 0 Å². The third-order valence-electron chi connectivity index (χ3n) is 6.28. The second-order valence-corrected chi connectivity index (χ2v) is 8.91. The molecule has 1 aliphatic heterocycles. The Morgan fingerprint density at radius 3 is 2.68 bits per heavy atom. The summed E-state index contributed by atoms with van der Waals surface area (Å²) < 4.78 is 5.66. The van der Waals surface area contributed by atoms with E-state index in [9.17, 15) is 4.79 Å². The molecule has 4 heterocycles. The zero-order chi connectivity index (χ0) is 23.8. The fourth-order valence-electron chi connectivity index (χ4n) is 4.47. The largest absolute Gasteiger partial charge is 0.377 e. The molecule has 1 unspecified atom stereocenters. The van der Waals surface area contributed by atoms with Gasteiger partial charge in [-0.15, -0.1) is 0 Å². The highest BCUT2D eigenvalue weighted by Crippen LogP contribution is 2.37. The van der Waals surface area contributed by atoms with Gasteiger partial charge in [0.05, 0.1) is 24.9 Å². The van der Waals surface area contributed by atoms with Gasteiger partial charge in [-0.25, -0.2) is 4.98 Å². The number of carbonyl (C=O) groups excluding carboxylic acids is 1. The zero-order valence-electron chi connectivity index (χ0n) is 19.9. The van der Waals surface area contributed by atoms with Gasteiger partial charge in [0.2, 0.25) is 0 Å². The number of H-pyrrole nitrogens is 1. The first-order valence-corrected chi connectivity index (χ1v) is 11.4. The first kappa shape index (κ1) is 22.0. The number of anilines is 1. The lowest BCUT2D eigenvalue weighted by Gasteiger charge is -2.34. The van der Waals surface area contributed by atoms with Gasteiger partial charge in [0.15, 0.2) is 0 Å². The molecule has 0 bridgehead atoms. The lowest BCUT2D eigenvalue weighted by atomic mass is 9.96. The SMILES string of the molecule is Cc1cnc(-c2ccn[nH]2)c2nc(N3CCOCC3C)cc(-c3ccc(C(=O)N(C)C)cc3)c12. The van der Waals surface area contributed by atoms with E-state index in [1.807, 2.05) is 36.5 Å². The van der Waals surface area contributed by atoms with E-state index in [0.29, 0.717) is 18.8 Å². The number of nitrogens with one attached hydrogen (secondary N) is 1. The van der Waals surface area contributed by atoms with Crippen molar-refractivity contribution in [2.24, 2.45) is 0 Å². The van der Waals surface area contributed by atoms with Gasteiger partial charge in [-0.05, 0) is 54.8 Å². The molecule has 8 nitrogen and oxygen atoms in total. The minimum absolute atomic E-state index is 0.0177. The number of pyridine rings is 2. The zero-order valence-corrected chi connectivity index (χ0v) is 19.9. The fourth-order valence-corrected chi connectivity index (χ4v) is 4.47. The van der Waals surface area contributed by atoms with E-state index in [-0.39, 0.29) is 11.9 Å². The molecular weight excluding hydrogens is 428 g/mol. The second-order valence-electron chi connectivity index (χ2n) is 8.91. The Morgan fingerprint density at radius 1 is 1.21 bits per heavy atom. The van der Waals surface area contributed by atoms with E-state index in [1.54, 1.807) is 25.2 Å². The minimum atomic E-state index is -0.0177. The van der Waals surface area contributed by atoms with E-state index in [0.717, 1.165) is 51.3 Å². The predicted molar refractivity (Wildman–Crippen MR) is 133 cm³/mol. The molecule has 8 heteroatoms. The van der Waals surface area contributed by atoms with Crippen LogP contribution in [0.25, 0.3) is 33.4 Å². The molecule has 1 atom stereocenters. The molecule has 5 rings (SSSR count). The van der Waals surface area contributed by atoms with E-state index in [1.165, 1.54) is 0 Å². The number of aromatic nitrogens is 4. The lowest BCUT2D eigenvalue weighted by Crippen LogP contribution is -2.44. The summed E-state index contributed by atoms with van der Waals surface area (Å²) in [6.45, 7) is 6.30. The molecule has 0 spiro atoms. The summed E-state index contributed by atoms with van der Waals surface area (Å²) in [6, 6.07) is 12.0. The Morgan fingerprint density at radius 2 is 2.00 bits per heavy atom. The second kappa shape index (κ2) is 8.87. The van der Waals surface area contributed by atoms with Crippen LogP contribution in [0.1, 0.15) is 22.8 Å². The molecule has 1 aromatic carbocycles. The highest BCUT2D eigenvalue weighted by molar-refractivity contribution is 6.04. The number of hydrogen-bond donors (Lipinski definition) is 1. The van der Waals surface area contributed by atoms with Gasteiger partial charge >= 0.3 is 0 Å². The van der Waals surface area contributed by atoms with Crippen LogP contribution in [0.15, 0.2) is 48.8 Å². The van der Waals surface area contributed by atoms with Crippen LogP contribution in [-0.4, -0.2) is 70.9 Å². The first-order chi connectivity index (χ1) is 16.4. The highest BCUT2D eigenvalue weighted by Gasteiger charge is 2.24. The van der Waals surface area contributed by atoms with Gasteiger partial charge in [0.1, 0.15) is 17.0 Å². The number of ether oxygens (including phenoxy) is 1. The quantitative estimate of drug-likeness (QED) is 0.501. The summed E-state index contributed by atoms with van der Waals surface area (Å²) in [5.74, 6) is 0.871. The average molecular weight is 457 g/mol. The van der Waals surface area contributed by atoms with Gasteiger partial charge in [-0.1, -0.05) is 12.1 Å². The molecule has 3 aromatic heterocycles. The van der Waals surface area contributed by atoms with Crippen molar-refractivity contribution in [3.05, 3.63) is 59.9 Å². The van der Waals surface area contributed by atoms with Crippen molar-refractivity contribution in [2.45, 2.75) is 19.9 Å². The number of aryl methyl sites for hydroxylation is 1. The number of amides is 1. The number of hydrogen-bond acceptors (Lipinski definition) is 6. The van der Waals surface area contributed by atoms with Crippen LogP contribution >= 0.6 is 0 Å². The van der Waals surface area contributed by atoms with E-state index in [2.05, 4.69) is 35.0 Å². The predicted octanol–water partition coefficient (Wildman–Crippen LogP) is 3.92. The van der Waals surface area contributed by atoms with Crippen LogP contribution < -0.4 is 4.90 Å². The summed E-state index contributed by atoms with van der Waals surface area (Å²) >= 11 is 0. The number of aromatic amines is 1. The van der Waals surface area contributed by atoms with Gasteiger partial charge in [-0.2, -0.15) is 5.10 Å². The molecule has 4 aromatic rings. The van der Waals surface area contributed by atoms with Crippen molar-refractivity contribution in [2.75, 3.05) is 38.8 Å². The number of carbonyl (C=O) groups is 1. The van der Waals surface area contributed by atoms with Crippen LogP contribution in [0.2, 0.25) is 0 Å². The molecule has 1 fully saturated rings. The van der Waals surface area contributed by atoms with Crippen molar-refractivity contribution in [3.8, 4) is 22.5 Å². The maximum Gasteiger partial charge on any atom is 0.253 e. The standard InChI is InChI=1S/C26H28N6O2/c1-16-14-27-24(21-9-10-28-30-21)25-23(16)20(13-22(29-25)32-11-12-34-15-17(32)2)18-5-7-19(8-6-18)26(33)31(3)4/h5-10,13-14,17H,11-12,15H2,1-4H3,(H,28,30). The Kier molecular flexibility index (Phi) is 5.75. The molecule has 1 saturated heterocycles. The summed E-state index contributed by atoms with van der Waals surface area (Å²) in [6.07, 6.45) is 3.60. The number of benzene rings is 1. The minimum Gasteiger partial charge on any atom is -0.377 e. The molecule has 1 amide bonds. The average Bonchev–Trinajstić information content (AvgIpc) is 3.38. The topological polar surface area (TPSA) is 87.2 Å². The van der Waals surface area contributed by atoms with Gasteiger partial charge in [0.25, 0.3) is 5.91 Å². The molecular formula is C26H28N6O2. The van der Waals surface area contributed by atoms with Gasteiger partial charge in [-0.3, -0.25) is 14.9 Å². The maximum atomic E-state index is 12.4. The maximum absolute atomic E-state index is 12.4. The summed E-state index contributed by atoms with van der Waals surface area (Å²) in [4.78, 5) is 26.1. The number of fused-ring (bicyclic) bond motifs is 1. The van der Waals surface area contributed by atoms with Crippen molar-refractivity contribution < 1.29 is 9.53 Å². The van der Waals surface area contributed by atoms with Crippen LogP contribution in [0, 0.1) is 6.92 Å². The summed E-state index contributed by atoms with van der Waals surface area (Å²) in [7, 11) is 3.52. The fraction of sp³-hybridized carbons (Fsp3) is 0.308. The number of morpholine rings is 1. The van der Waals surface area contributed by atoms with E-state index < -0.39 is 0 Å². The van der Waals surface area contributed by atoms with Gasteiger partial charge < -0.3 is 14.5 Å². The third-order valence-corrected chi connectivity index (χ3v) is 6.28. The lowest BCUT2D eigenvalue weighted by molar-refractivity contribution is 0.0827. The molecule has 174 valence electrons.